The van der Waals surface area contributed by atoms with Crippen molar-refractivity contribution in [2.75, 3.05) is 34.8 Å². The molecular weight excluding hydrogens is 210 g/mol. The van der Waals surface area contributed by atoms with Crippen LogP contribution in [0.3, 0.4) is 0 Å². The van der Waals surface area contributed by atoms with Crippen molar-refractivity contribution in [2.24, 2.45) is 0 Å². The van der Waals surface area contributed by atoms with Crippen LogP contribution in [0.25, 0.3) is 0 Å². The number of nitrogens with zero attached hydrogens (tertiary/aromatic N) is 1. The number of hydrogen-bond donors (Lipinski definition) is 0. The molecular formula is C7H16BrNO2. The van der Waals surface area contributed by atoms with E-state index in [-0.39, 0.29) is 23.0 Å². The molecule has 0 fully saturated rings. The molecule has 0 atom stereocenters. The number of esters is 1. The highest BCUT2D eigenvalue weighted by atomic mass is 79.9. The second-order valence-electron chi connectivity index (χ2n) is 3.34. The molecule has 0 spiro atoms. The third kappa shape index (κ3) is 9.91. The van der Waals surface area contributed by atoms with Crippen molar-refractivity contribution in [3.8, 4) is 0 Å². The molecule has 11 heavy (non-hydrogen) atoms. The number of quaternary nitrogens is 1. The predicted molar refractivity (Wildman–Crippen MR) is 39.5 cm³/mol. The van der Waals surface area contributed by atoms with Crippen molar-refractivity contribution in [3.05, 3.63) is 0 Å². The normalized spacial score (nSPS) is 10.2. The number of carbonyl (C=O) groups is 1. The van der Waals surface area contributed by atoms with Crippen LogP contribution in [0.1, 0.15) is 6.42 Å². The molecule has 0 bridgehead atoms. The fraction of sp³-hybridized carbons (Fsp3) is 0.857. The van der Waals surface area contributed by atoms with E-state index in [1.165, 1.54) is 7.11 Å². The van der Waals surface area contributed by atoms with Crippen molar-refractivity contribution in [1.29, 1.82) is 0 Å². The smallest absolute Gasteiger partial charge is 0.311 e. The molecule has 0 aromatic carbocycles. The van der Waals surface area contributed by atoms with E-state index in [9.17, 15) is 4.79 Å². The molecule has 3 nitrogen and oxygen atoms in total. The Bertz CT molecular complexity index is 120. The van der Waals surface area contributed by atoms with Gasteiger partial charge in [-0.1, -0.05) is 0 Å². The summed E-state index contributed by atoms with van der Waals surface area (Å²) in [7, 11) is 7.55. The predicted octanol–water partition coefficient (Wildman–Crippen LogP) is -2.74. The van der Waals surface area contributed by atoms with Crippen molar-refractivity contribution < 1.29 is 31.0 Å². The number of halogens is 1. The van der Waals surface area contributed by atoms with Gasteiger partial charge >= 0.3 is 5.97 Å². The van der Waals surface area contributed by atoms with Crippen LogP contribution in [0, 0.1) is 0 Å². The molecule has 0 heterocycles. The van der Waals surface area contributed by atoms with Gasteiger partial charge in [-0.15, -0.1) is 0 Å². The van der Waals surface area contributed by atoms with Gasteiger partial charge in [-0.25, -0.2) is 0 Å². The zero-order valence-corrected chi connectivity index (χ0v) is 9.14. The van der Waals surface area contributed by atoms with Crippen molar-refractivity contribution in [3.63, 3.8) is 0 Å². The van der Waals surface area contributed by atoms with Crippen molar-refractivity contribution in [1.82, 2.24) is 0 Å². The Morgan fingerprint density at radius 3 is 2.09 bits per heavy atom. The summed E-state index contributed by atoms with van der Waals surface area (Å²) in [6, 6.07) is 0. The van der Waals surface area contributed by atoms with Gasteiger partial charge in [0.25, 0.3) is 0 Å². The maximum atomic E-state index is 10.6. The Balaban J connectivity index is 0. The van der Waals surface area contributed by atoms with Crippen LogP contribution in [-0.2, 0) is 9.53 Å². The summed E-state index contributed by atoms with van der Waals surface area (Å²) in [6.45, 7) is 0.826. The Hall–Kier alpha value is -0.0900. The van der Waals surface area contributed by atoms with Gasteiger partial charge in [-0.05, 0) is 0 Å². The molecule has 0 radical (unpaired) electrons. The number of rotatable bonds is 3. The highest BCUT2D eigenvalue weighted by molar-refractivity contribution is 5.69. The van der Waals surface area contributed by atoms with E-state index in [1.54, 1.807) is 0 Å². The van der Waals surface area contributed by atoms with Gasteiger partial charge < -0.3 is 26.2 Å². The van der Waals surface area contributed by atoms with E-state index in [1.807, 2.05) is 21.1 Å². The molecule has 4 heteroatoms. The average molecular weight is 226 g/mol. The molecule has 0 aliphatic carbocycles. The zero-order valence-electron chi connectivity index (χ0n) is 7.56. The van der Waals surface area contributed by atoms with E-state index < -0.39 is 0 Å². The first-order chi connectivity index (χ1) is 4.45. The number of ether oxygens (including phenoxy) is 1. The molecule has 0 aliphatic heterocycles. The maximum Gasteiger partial charge on any atom is 0.311 e. The molecule has 0 rings (SSSR count). The fourth-order valence-corrected chi connectivity index (χ4v) is 0.529. The van der Waals surface area contributed by atoms with Crippen LogP contribution in [0.5, 0.6) is 0 Å². The molecule has 0 aromatic rings. The summed E-state index contributed by atoms with van der Waals surface area (Å²) in [4.78, 5) is 10.6. The van der Waals surface area contributed by atoms with Crippen LogP contribution < -0.4 is 17.0 Å². The number of carbonyl (C=O) groups excluding carboxylic acids is 1. The third-order valence-corrected chi connectivity index (χ3v) is 1.21. The van der Waals surface area contributed by atoms with Gasteiger partial charge in [-0.3, -0.25) is 4.79 Å². The lowest BCUT2D eigenvalue weighted by atomic mass is 10.4. The topological polar surface area (TPSA) is 26.3 Å². The average Bonchev–Trinajstić information content (AvgIpc) is 1.81. The van der Waals surface area contributed by atoms with Gasteiger partial charge in [-0.2, -0.15) is 0 Å². The summed E-state index contributed by atoms with van der Waals surface area (Å²) in [6.07, 6.45) is 0.500. The van der Waals surface area contributed by atoms with E-state index in [2.05, 4.69) is 4.74 Å². The Labute approximate surface area is 78.7 Å². The minimum atomic E-state index is -0.131. The monoisotopic (exact) mass is 225 g/mol. The van der Waals surface area contributed by atoms with Gasteiger partial charge in [0, 0.05) is 0 Å². The van der Waals surface area contributed by atoms with E-state index >= 15 is 0 Å². The van der Waals surface area contributed by atoms with E-state index in [0.717, 1.165) is 11.0 Å². The molecule has 0 unspecified atom stereocenters. The van der Waals surface area contributed by atoms with E-state index in [0.29, 0.717) is 6.42 Å². The quantitative estimate of drug-likeness (QED) is 0.385. The highest BCUT2D eigenvalue weighted by Crippen LogP contribution is 1.94. The second-order valence-corrected chi connectivity index (χ2v) is 3.34. The Kier molecular flexibility index (Phi) is 6.81. The lowest BCUT2D eigenvalue weighted by molar-refractivity contribution is -0.869. The molecule has 0 aromatic heterocycles. The van der Waals surface area contributed by atoms with Crippen LogP contribution in [0.2, 0.25) is 0 Å². The summed E-state index contributed by atoms with van der Waals surface area (Å²) < 4.78 is 5.30. The van der Waals surface area contributed by atoms with Crippen LogP contribution in [0.15, 0.2) is 0 Å². The van der Waals surface area contributed by atoms with Crippen LogP contribution >= 0.6 is 0 Å². The first kappa shape index (κ1) is 13.5. The van der Waals surface area contributed by atoms with Crippen molar-refractivity contribution in [2.45, 2.75) is 6.42 Å². The maximum absolute atomic E-state index is 10.6. The Morgan fingerprint density at radius 2 is 1.82 bits per heavy atom. The van der Waals surface area contributed by atoms with Gasteiger partial charge in [0.1, 0.15) is 0 Å². The van der Waals surface area contributed by atoms with Crippen LogP contribution in [0.4, 0.5) is 0 Å². The number of methoxy groups -OCH3 is 1. The van der Waals surface area contributed by atoms with Crippen molar-refractivity contribution >= 4 is 5.97 Å². The first-order valence-electron chi connectivity index (χ1n) is 3.33. The Morgan fingerprint density at radius 1 is 1.36 bits per heavy atom. The molecule has 0 saturated carbocycles. The molecule has 0 saturated heterocycles. The van der Waals surface area contributed by atoms with Gasteiger partial charge in [0.2, 0.25) is 0 Å². The summed E-state index contributed by atoms with van der Waals surface area (Å²) >= 11 is 0. The zero-order chi connectivity index (χ0) is 8.20. The van der Waals surface area contributed by atoms with E-state index in [4.69, 9.17) is 0 Å². The summed E-state index contributed by atoms with van der Waals surface area (Å²) in [5.74, 6) is -0.131. The number of hydrogen-bond acceptors (Lipinski definition) is 2. The summed E-state index contributed by atoms with van der Waals surface area (Å²) in [5, 5.41) is 0. The third-order valence-electron chi connectivity index (χ3n) is 1.21. The molecule has 68 valence electrons. The minimum absolute atomic E-state index is 0. The second kappa shape index (κ2) is 5.55. The van der Waals surface area contributed by atoms with Gasteiger partial charge in [0.05, 0.1) is 41.2 Å². The molecule has 0 aliphatic rings. The minimum Gasteiger partial charge on any atom is -1.00 e. The lowest BCUT2D eigenvalue weighted by Gasteiger charge is -2.22. The fourth-order valence-electron chi connectivity index (χ4n) is 0.529. The first-order valence-corrected chi connectivity index (χ1v) is 3.33. The van der Waals surface area contributed by atoms with Crippen LogP contribution in [-0.4, -0.2) is 45.2 Å². The lowest BCUT2D eigenvalue weighted by Crippen LogP contribution is -3.00. The molecule has 0 amide bonds. The SMILES string of the molecule is COC(=O)CC[N+](C)(C)C.[Br-]. The standard InChI is InChI=1S/C7H16NO2.BrH/c1-8(2,3)6-5-7(9)10-4;/h5-6H2,1-4H3;1H/q+1;/p-1. The summed E-state index contributed by atoms with van der Waals surface area (Å²) in [5.41, 5.74) is 0. The highest BCUT2D eigenvalue weighted by Gasteiger charge is 2.10. The van der Waals surface area contributed by atoms with Gasteiger partial charge in [0.15, 0.2) is 0 Å². The largest absolute Gasteiger partial charge is 1.00 e. The molecule has 0 N–H and O–H groups in total.